The molecular weight excluding hydrogens is 242 g/mol. The highest BCUT2D eigenvalue weighted by Crippen LogP contribution is 2.23. The first kappa shape index (κ1) is 10.2. The SMILES string of the molecule is CC(C)N1CCC(n2cc(Br)cn2)C1. The molecule has 4 heteroatoms. The van der Waals surface area contributed by atoms with Gasteiger partial charge in [-0.05, 0) is 36.2 Å². The second-order valence-electron chi connectivity index (χ2n) is 4.17. The van der Waals surface area contributed by atoms with Crippen LogP contribution in [0, 0.1) is 0 Å². The lowest BCUT2D eigenvalue weighted by Gasteiger charge is -2.20. The third kappa shape index (κ3) is 2.01. The second kappa shape index (κ2) is 4.03. The van der Waals surface area contributed by atoms with Gasteiger partial charge in [-0.1, -0.05) is 0 Å². The molecule has 0 bridgehead atoms. The van der Waals surface area contributed by atoms with Gasteiger partial charge >= 0.3 is 0 Å². The minimum Gasteiger partial charge on any atom is -0.299 e. The Morgan fingerprint density at radius 3 is 2.86 bits per heavy atom. The number of nitrogens with zero attached hydrogens (tertiary/aromatic N) is 3. The summed E-state index contributed by atoms with van der Waals surface area (Å²) in [6.07, 6.45) is 5.14. The van der Waals surface area contributed by atoms with Gasteiger partial charge in [0.2, 0.25) is 0 Å². The highest BCUT2D eigenvalue weighted by atomic mass is 79.9. The number of halogens is 1. The van der Waals surface area contributed by atoms with Crippen molar-refractivity contribution in [2.45, 2.75) is 32.4 Å². The van der Waals surface area contributed by atoms with E-state index >= 15 is 0 Å². The number of aromatic nitrogens is 2. The molecule has 1 saturated heterocycles. The molecule has 0 saturated carbocycles. The van der Waals surface area contributed by atoms with Crippen LogP contribution in [0.1, 0.15) is 26.3 Å². The van der Waals surface area contributed by atoms with Gasteiger partial charge < -0.3 is 0 Å². The van der Waals surface area contributed by atoms with E-state index in [-0.39, 0.29) is 0 Å². The van der Waals surface area contributed by atoms with Crippen molar-refractivity contribution in [3.05, 3.63) is 16.9 Å². The molecule has 0 N–H and O–H groups in total. The molecule has 14 heavy (non-hydrogen) atoms. The summed E-state index contributed by atoms with van der Waals surface area (Å²) in [6.45, 7) is 6.83. The third-order valence-electron chi connectivity index (χ3n) is 2.87. The first-order chi connectivity index (χ1) is 6.66. The van der Waals surface area contributed by atoms with Crippen molar-refractivity contribution in [2.75, 3.05) is 13.1 Å². The van der Waals surface area contributed by atoms with Crippen LogP contribution in [0.2, 0.25) is 0 Å². The van der Waals surface area contributed by atoms with Crippen molar-refractivity contribution in [3.8, 4) is 0 Å². The first-order valence-corrected chi connectivity index (χ1v) is 5.90. The van der Waals surface area contributed by atoms with E-state index in [9.17, 15) is 0 Å². The summed E-state index contributed by atoms with van der Waals surface area (Å²) < 4.78 is 3.15. The largest absolute Gasteiger partial charge is 0.299 e. The maximum atomic E-state index is 4.33. The standard InChI is InChI=1S/C10H16BrN3/c1-8(2)13-4-3-10(7-13)14-6-9(11)5-12-14/h5-6,8,10H,3-4,7H2,1-2H3. The van der Waals surface area contributed by atoms with Crippen LogP contribution in [0.3, 0.4) is 0 Å². The Morgan fingerprint density at radius 2 is 2.36 bits per heavy atom. The Labute approximate surface area is 93.2 Å². The van der Waals surface area contributed by atoms with Crippen LogP contribution in [0.15, 0.2) is 16.9 Å². The van der Waals surface area contributed by atoms with Crippen LogP contribution < -0.4 is 0 Å². The predicted molar refractivity (Wildman–Crippen MR) is 60.3 cm³/mol. The van der Waals surface area contributed by atoms with Crippen LogP contribution in [0.25, 0.3) is 0 Å². The van der Waals surface area contributed by atoms with Crippen LogP contribution in [0.4, 0.5) is 0 Å². The summed E-state index contributed by atoms with van der Waals surface area (Å²) in [5.74, 6) is 0. The molecule has 78 valence electrons. The molecule has 1 aromatic rings. The van der Waals surface area contributed by atoms with Gasteiger partial charge in [-0.2, -0.15) is 5.10 Å². The van der Waals surface area contributed by atoms with Gasteiger partial charge in [-0.3, -0.25) is 9.58 Å². The minimum absolute atomic E-state index is 0.559. The second-order valence-corrected chi connectivity index (χ2v) is 5.09. The average Bonchev–Trinajstić information content (AvgIpc) is 2.70. The van der Waals surface area contributed by atoms with Gasteiger partial charge in [-0.15, -0.1) is 0 Å². The fourth-order valence-corrected chi connectivity index (χ4v) is 2.27. The molecule has 1 aromatic heterocycles. The number of hydrogen-bond acceptors (Lipinski definition) is 2. The number of likely N-dealkylation sites (tertiary alicyclic amines) is 1. The Morgan fingerprint density at radius 1 is 1.57 bits per heavy atom. The van der Waals surface area contributed by atoms with Crippen LogP contribution in [-0.2, 0) is 0 Å². The zero-order chi connectivity index (χ0) is 10.1. The third-order valence-corrected chi connectivity index (χ3v) is 3.28. The summed E-state index contributed by atoms with van der Waals surface area (Å²) in [4.78, 5) is 2.50. The van der Waals surface area contributed by atoms with E-state index in [1.54, 1.807) is 0 Å². The highest BCUT2D eigenvalue weighted by Gasteiger charge is 2.25. The van der Waals surface area contributed by atoms with Crippen molar-refractivity contribution >= 4 is 15.9 Å². The van der Waals surface area contributed by atoms with Crippen LogP contribution >= 0.6 is 15.9 Å². The topological polar surface area (TPSA) is 21.1 Å². The number of rotatable bonds is 2. The van der Waals surface area contributed by atoms with Crippen molar-refractivity contribution in [1.29, 1.82) is 0 Å². The quantitative estimate of drug-likeness (QED) is 0.811. The van der Waals surface area contributed by atoms with Gasteiger partial charge in [0, 0.05) is 25.3 Å². The molecule has 1 fully saturated rings. The van der Waals surface area contributed by atoms with Gasteiger partial charge in [0.05, 0.1) is 16.7 Å². The minimum atomic E-state index is 0.559. The molecule has 1 unspecified atom stereocenters. The first-order valence-electron chi connectivity index (χ1n) is 5.10. The molecule has 2 heterocycles. The summed E-state index contributed by atoms with van der Waals surface area (Å²) in [7, 11) is 0. The normalized spacial score (nSPS) is 23.6. The highest BCUT2D eigenvalue weighted by molar-refractivity contribution is 9.10. The lowest BCUT2D eigenvalue weighted by Crippen LogP contribution is -2.28. The van der Waals surface area contributed by atoms with Gasteiger partial charge in [0.15, 0.2) is 0 Å². The van der Waals surface area contributed by atoms with Crippen LogP contribution in [-0.4, -0.2) is 33.8 Å². The smallest absolute Gasteiger partial charge is 0.0658 e. The van der Waals surface area contributed by atoms with E-state index in [0.717, 1.165) is 11.0 Å². The Bertz CT molecular complexity index is 308. The molecule has 3 nitrogen and oxygen atoms in total. The summed E-state index contributed by atoms with van der Waals surface area (Å²) in [5.41, 5.74) is 0. The van der Waals surface area contributed by atoms with Gasteiger partial charge in [0.25, 0.3) is 0 Å². The zero-order valence-corrected chi connectivity index (χ0v) is 10.2. The van der Waals surface area contributed by atoms with E-state index in [0.29, 0.717) is 12.1 Å². The van der Waals surface area contributed by atoms with Crippen molar-refractivity contribution in [3.63, 3.8) is 0 Å². The molecule has 0 radical (unpaired) electrons. The molecule has 0 amide bonds. The predicted octanol–water partition coefficient (Wildman–Crippen LogP) is 2.30. The van der Waals surface area contributed by atoms with Crippen LogP contribution in [0.5, 0.6) is 0 Å². The van der Waals surface area contributed by atoms with E-state index in [2.05, 4.69) is 50.7 Å². The van der Waals surface area contributed by atoms with Crippen molar-refractivity contribution in [2.24, 2.45) is 0 Å². The summed E-state index contributed by atoms with van der Waals surface area (Å²) >= 11 is 3.43. The summed E-state index contributed by atoms with van der Waals surface area (Å²) in [6, 6.07) is 1.21. The maximum Gasteiger partial charge on any atom is 0.0658 e. The van der Waals surface area contributed by atoms with E-state index in [1.165, 1.54) is 13.0 Å². The molecule has 0 aliphatic carbocycles. The van der Waals surface area contributed by atoms with Crippen molar-refractivity contribution in [1.82, 2.24) is 14.7 Å². The monoisotopic (exact) mass is 257 g/mol. The molecule has 2 rings (SSSR count). The Balaban J connectivity index is 2.02. The van der Waals surface area contributed by atoms with E-state index in [1.807, 2.05) is 6.20 Å². The maximum absolute atomic E-state index is 4.33. The lowest BCUT2D eigenvalue weighted by molar-refractivity contribution is 0.262. The fraction of sp³-hybridized carbons (Fsp3) is 0.700. The molecule has 0 spiro atoms. The molecule has 1 atom stereocenters. The van der Waals surface area contributed by atoms with E-state index in [4.69, 9.17) is 0 Å². The van der Waals surface area contributed by atoms with Gasteiger partial charge in [-0.25, -0.2) is 0 Å². The Kier molecular flexibility index (Phi) is 2.93. The lowest BCUT2D eigenvalue weighted by atomic mass is 10.3. The summed E-state index contributed by atoms with van der Waals surface area (Å²) in [5, 5.41) is 4.33. The average molecular weight is 258 g/mol. The molecule has 0 aromatic carbocycles. The zero-order valence-electron chi connectivity index (χ0n) is 8.65. The van der Waals surface area contributed by atoms with Gasteiger partial charge in [0.1, 0.15) is 0 Å². The molecule has 1 aliphatic heterocycles. The molecular formula is C10H16BrN3. The van der Waals surface area contributed by atoms with Crippen molar-refractivity contribution < 1.29 is 0 Å². The fourth-order valence-electron chi connectivity index (χ4n) is 1.97. The van der Waals surface area contributed by atoms with E-state index < -0.39 is 0 Å². The number of hydrogen-bond donors (Lipinski definition) is 0. The molecule has 1 aliphatic rings. The Hall–Kier alpha value is -0.350.